The number of nitrogens with one attached hydrogen (secondary N) is 2. The summed E-state index contributed by atoms with van der Waals surface area (Å²) in [7, 11) is 0. The van der Waals surface area contributed by atoms with Crippen molar-refractivity contribution < 1.29 is 4.39 Å². The van der Waals surface area contributed by atoms with Gasteiger partial charge >= 0.3 is 0 Å². The Bertz CT molecular complexity index is 558. The molecule has 8 heteroatoms. The predicted octanol–water partition coefficient (Wildman–Crippen LogP) is 2.95. The topological polar surface area (TPSA) is 75.9 Å². The Balaban J connectivity index is 2.39. The van der Waals surface area contributed by atoms with Crippen molar-refractivity contribution in [2.45, 2.75) is 0 Å². The van der Waals surface area contributed by atoms with Crippen molar-refractivity contribution in [2.24, 2.45) is 5.84 Å². The summed E-state index contributed by atoms with van der Waals surface area (Å²) in [5.74, 6) is 5.01. The molecule has 0 aliphatic carbocycles. The molecule has 0 saturated carbocycles. The fourth-order valence-corrected chi connectivity index (χ4v) is 1.61. The van der Waals surface area contributed by atoms with Crippen LogP contribution in [-0.2, 0) is 0 Å². The van der Waals surface area contributed by atoms with Crippen LogP contribution in [-0.4, -0.2) is 9.97 Å². The van der Waals surface area contributed by atoms with E-state index in [0.29, 0.717) is 0 Å². The lowest BCUT2D eigenvalue weighted by Crippen LogP contribution is -2.11. The molecular formula is C10H8Cl2FN5. The summed E-state index contributed by atoms with van der Waals surface area (Å²) in [6.07, 6.45) is 1.33. The smallest absolute Gasteiger partial charge is 0.239 e. The molecule has 0 saturated heterocycles. The number of rotatable bonds is 3. The van der Waals surface area contributed by atoms with Gasteiger partial charge in [-0.2, -0.15) is 4.98 Å². The van der Waals surface area contributed by atoms with Crippen LogP contribution in [0, 0.1) is 5.82 Å². The highest BCUT2D eigenvalue weighted by Gasteiger charge is 2.11. The minimum atomic E-state index is -0.514. The van der Waals surface area contributed by atoms with Gasteiger partial charge in [-0.1, -0.05) is 29.3 Å². The van der Waals surface area contributed by atoms with Gasteiger partial charge in [-0.15, -0.1) is 0 Å². The van der Waals surface area contributed by atoms with Gasteiger partial charge in [-0.3, -0.25) is 5.43 Å². The van der Waals surface area contributed by atoms with Gasteiger partial charge in [0, 0.05) is 0 Å². The van der Waals surface area contributed by atoms with Gasteiger partial charge in [0.1, 0.15) is 10.8 Å². The molecule has 4 N–H and O–H groups in total. The maximum atomic E-state index is 13.6. The summed E-state index contributed by atoms with van der Waals surface area (Å²) in [5.41, 5.74) is 2.35. The number of para-hydroxylation sites is 1. The highest BCUT2D eigenvalue weighted by Crippen LogP contribution is 2.30. The molecule has 0 unspecified atom stereocenters. The van der Waals surface area contributed by atoms with Crippen molar-refractivity contribution in [1.29, 1.82) is 0 Å². The predicted molar refractivity (Wildman–Crippen MR) is 69.5 cm³/mol. The molecule has 1 heterocycles. The van der Waals surface area contributed by atoms with Crippen molar-refractivity contribution in [2.75, 3.05) is 10.7 Å². The zero-order valence-electron chi connectivity index (χ0n) is 8.92. The summed E-state index contributed by atoms with van der Waals surface area (Å²) >= 11 is 11.8. The molecule has 2 rings (SSSR count). The minimum Gasteiger partial charge on any atom is -0.335 e. The second-order valence-corrected chi connectivity index (χ2v) is 4.07. The van der Waals surface area contributed by atoms with E-state index in [1.165, 1.54) is 18.3 Å². The molecule has 1 aromatic carbocycles. The van der Waals surface area contributed by atoms with Crippen LogP contribution in [0.3, 0.4) is 0 Å². The van der Waals surface area contributed by atoms with Crippen LogP contribution in [0.15, 0.2) is 24.4 Å². The van der Waals surface area contributed by atoms with Crippen LogP contribution in [0.5, 0.6) is 0 Å². The Morgan fingerprint density at radius 3 is 2.67 bits per heavy atom. The molecule has 94 valence electrons. The summed E-state index contributed by atoms with van der Waals surface area (Å²) in [6, 6.07) is 4.31. The lowest BCUT2D eigenvalue weighted by atomic mass is 10.3. The number of aromatic nitrogens is 2. The van der Waals surface area contributed by atoms with Crippen molar-refractivity contribution in [3.05, 3.63) is 40.3 Å². The first-order valence-electron chi connectivity index (χ1n) is 4.82. The molecule has 0 aliphatic heterocycles. The van der Waals surface area contributed by atoms with E-state index in [1.54, 1.807) is 6.07 Å². The van der Waals surface area contributed by atoms with E-state index >= 15 is 0 Å². The van der Waals surface area contributed by atoms with Crippen LogP contribution in [0.4, 0.5) is 21.8 Å². The standard InChI is InChI=1S/C10H8Cl2FN5/c11-5-2-1-3-7(13)8(5)16-9-6(12)4-15-10(17-9)18-14/h1-4H,14H2,(H2,15,16,17,18). The van der Waals surface area contributed by atoms with E-state index in [2.05, 4.69) is 20.7 Å². The first kappa shape index (κ1) is 12.8. The van der Waals surface area contributed by atoms with Crippen molar-refractivity contribution in [3.63, 3.8) is 0 Å². The number of nitrogen functional groups attached to an aromatic ring is 1. The Morgan fingerprint density at radius 2 is 2.00 bits per heavy atom. The number of anilines is 3. The van der Waals surface area contributed by atoms with Gasteiger partial charge in [-0.25, -0.2) is 15.2 Å². The lowest BCUT2D eigenvalue weighted by Gasteiger charge is -2.10. The highest BCUT2D eigenvalue weighted by atomic mass is 35.5. The normalized spacial score (nSPS) is 10.2. The quantitative estimate of drug-likeness (QED) is 0.598. The summed E-state index contributed by atoms with van der Waals surface area (Å²) in [4.78, 5) is 7.75. The van der Waals surface area contributed by atoms with E-state index < -0.39 is 5.82 Å². The van der Waals surface area contributed by atoms with Crippen LogP contribution in [0.2, 0.25) is 10.0 Å². The number of halogens is 3. The van der Waals surface area contributed by atoms with Crippen molar-refractivity contribution in [1.82, 2.24) is 9.97 Å². The molecule has 5 nitrogen and oxygen atoms in total. The molecular weight excluding hydrogens is 280 g/mol. The Labute approximate surface area is 112 Å². The average Bonchev–Trinajstić information content (AvgIpc) is 2.36. The molecule has 1 aromatic heterocycles. The number of hydrogen-bond donors (Lipinski definition) is 3. The van der Waals surface area contributed by atoms with Crippen LogP contribution < -0.4 is 16.6 Å². The van der Waals surface area contributed by atoms with Gasteiger partial charge in [0.2, 0.25) is 5.95 Å². The summed E-state index contributed by atoms with van der Waals surface area (Å²) in [6.45, 7) is 0. The third kappa shape index (κ3) is 2.61. The lowest BCUT2D eigenvalue weighted by molar-refractivity contribution is 0.632. The number of hydrazine groups is 1. The van der Waals surface area contributed by atoms with Crippen molar-refractivity contribution in [3.8, 4) is 0 Å². The monoisotopic (exact) mass is 287 g/mol. The fraction of sp³-hybridized carbons (Fsp3) is 0. The van der Waals surface area contributed by atoms with Gasteiger partial charge < -0.3 is 5.32 Å². The highest BCUT2D eigenvalue weighted by molar-refractivity contribution is 6.34. The summed E-state index contributed by atoms with van der Waals surface area (Å²) < 4.78 is 13.6. The molecule has 0 amide bonds. The third-order valence-corrected chi connectivity index (χ3v) is 2.67. The Morgan fingerprint density at radius 1 is 1.22 bits per heavy atom. The van der Waals surface area contributed by atoms with Crippen LogP contribution in [0.1, 0.15) is 0 Å². The zero-order chi connectivity index (χ0) is 13.1. The van der Waals surface area contributed by atoms with E-state index in [1.807, 2.05) is 0 Å². The minimum absolute atomic E-state index is 0.0859. The molecule has 0 fully saturated rings. The van der Waals surface area contributed by atoms with Gasteiger partial charge in [0.15, 0.2) is 5.82 Å². The fourth-order valence-electron chi connectivity index (χ4n) is 1.26. The maximum Gasteiger partial charge on any atom is 0.239 e. The number of hydrogen-bond acceptors (Lipinski definition) is 5. The molecule has 18 heavy (non-hydrogen) atoms. The number of benzene rings is 1. The number of nitrogens with two attached hydrogens (primary N) is 1. The second-order valence-electron chi connectivity index (χ2n) is 3.26. The Kier molecular flexibility index (Phi) is 3.81. The summed E-state index contributed by atoms with van der Waals surface area (Å²) in [5, 5.41) is 3.13. The molecule has 0 radical (unpaired) electrons. The maximum absolute atomic E-state index is 13.6. The van der Waals surface area contributed by atoms with E-state index in [0.717, 1.165) is 0 Å². The van der Waals surface area contributed by atoms with Gasteiger partial charge in [-0.05, 0) is 12.1 Å². The SMILES string of the molecule is NNc1ncc(Cl)c(Nc2c(F)cccc2Cl)n1. The molecule has 0 aliphatic rings. The average molecular weight is 288 g/mol. The van der Waals surface area contributed by atoms with E-state index in [-0.39, 0.29) is 27.5 Å². The van der Waals surface area contributed by atoms with Crippen LogP contribution >= 0.6 is 23.2 Å². The molecule has 0 bridgehead atoms. The Hall–Kier alpha value is -1.63. The molecule has 2 aromatic rings. The first-order chi connectivity index (χ1) is 8.61. The van der Waals surface area contributed by atoms with Gasteiger partial charge in [0.25, 0.3) is 0 Å². The zero-order valence-corrected chi connectivity index (χ0v) is 10.4. The largest absolute Gasteiger partial charge is 0.335 e. The van der Waals surface area contributed by atoms with Crippen LogP contribution in [0.25, 0.3) is 0 Å². The molecule has 0 atom stereocenters. The van der Waals surface area contributed by atoms with E-state index in [4.69, 9.17) is 29.0 Å². The van der Waals surface area contributed by atoms with E-state index in [9.17, 15) is 4.39 Å². The first-order valence-corrected chi connectivity index (χ1v) is 5.57. The van der Waals surface area contributed by atoms with Gasteiger partial charge in [0.05, 0.1) is 16.9 Å². The number of nitrogens with zero attached hydrogens (tertiary/aromatic N) is 2. The third-order valence-electron chi connectivity index (χ3n) is 2.08. The van der Waals surface area contributed by atoms with Crippen molar-refractivity contribution >= 4 is 40.7 Å². The molecule has 0 spiro atoms. The second kappa shape index (κ2) is 5.34.